The summed E-state index contributed by atoms with van der Waals surface area (Å²) in [6.45, 7) is 16.0. The normalized spacial score (nSPS) is 35.2. The van der Waals surface area contributed by atoms with Gasteiger partial charge in [-0.15, -0.1) is 0 Å². The summed E-state index contributed by atoms with van der Waals surface area (Å²) in [4.78, 5) is 12.6. The maximum atomic E-state index is 13.3. The van der Waals surface area contributed by atoms with Gasteiger partial charge in [0.05, 0.1) is 25.4 Å². The first-order chi connectivity index (χ1) is 9.73. The molecule has 128 valence electrons. The van der Waals surface area contributed by atoms with Crippen molar-refractivity contribution in [2.24, 2.45) is 0 Å². The molecule has 1 heterocycles. The molecular formula is C15H29O5PSi. The first-order valence-corrected chi connectivity index (χ1v) is 13.0. The van der Waals surface area contributed by atoms with E-state index in [2.05, 4.69) is 19.6 Å². The Bertz CT molecular complexity index is 517. The van der Waals surface area contributed by atoms with E-state index in [0.29, 0.717) is 13.0 Å². The second kappa shape index (κ2) is 4.92. The van der Waals surface area contributed by atoms with Crippen LogP contribution >= 0.6 is 7.60 Å². The predicted octanol–water partition coefficient (Wildman–Crippen LogP) is 4.20. The quantitative estimate of drug-likeness (QED) is 0.433. The smallest absolute Gasteiger partial charge is 0.335 e. The molecule has 2 atom stereocenters. The van der Waals surface area contributed by atoms with Crippen molar-refractivity contribution in [3.05, 3.63) is 0 Å². The third kappa shape index (κ3) is 2.43. The van der Waals surface area contributed by atoms with E-state index in [1.807, 2.05) is 27.7 Å². The van der Waals surface area contributed by atoms with Gasteiger partial charge in [-0.05, 0) is 41.0 Å². The van der Waals surface area contributed by atoms with E-state index in [0.717, 1.165) is 0 Å². The molecule has 0 bridgehead atoms. The van der Waals surface area contributed by atoms with Crippen LogP contribution in [0.3, 0.4) is 0 Å². The van der Waals surface area contributed by atoms with Crippen LogP contribution in [0.15, 0.2) is 0 Å². The minimum Gasteiger partial charge on any atom is -0.466 e. The lowest BCUT2D eigenvalue weighted by Crippen LogP contribution is -2.41. The van der Waals surface area contributed by atoms with E-state index in [4.69, 9.17) is 13.8 Å². The molecule has 22 heavy (non-hydrogen) atoms. The lowest BCUT2D eigenvalue weighted by Gasteiger charge is -2.29. The lowest BCUT2D eigenvalue weighted by molar-refractivity contribution is -0.144. The molecule has 1 saturated heterocycles. The molecule has 5 nitrogen and oxygen atoms in total. The molecule has 0 spiro atoms. The Hall–Kier alpha value is -0.163. The third-order valence-electron chi connectivity index (χ3n) is 5.44. The van der Waals surface area contributed by atoms with Crippen LogP contribution in [0.4, 0.5) is 0 Å². The molecule has 0 N–H and O–H groups in total. The summed E-state index contributed by atoms with van der Waals surface area (Å²) in [5.41, 5.74) is -1.66. The molecule has 2 rings (SSSR count). The molecule has 2 aliphatic rings. The molecule has 0 aromatic carbocycles. The van der Waals surface area contributed by atoms with Crippen molar-refractivity contribution in [2.45, 2.75) is 82.6 Å². The van der Waals surface area contributed by atoms with Gasteiger partial charge in [0.2, 0.25) is 0 Å². The number of hydrogen-bond acceptors (Lipinski definition) is 5. The fourth-order valence-corrected chi connectivity index (χ4v) is 10.7. The third-order valence-corrected chi connectivity index (χ3v) is 11.9. The monoisotopic (exact) mass is 348 g/mol. The van der Waals surface area contributed by atoms with Gasteiger partial charge < -0.3 is 4.74 Å². The van der Waals surface area contributed by atoms with Gasteiger partial charge in [-0.2, -0.15) is 0 Å². The van der Waals surface area contributed by atoms with Crippen LogP contribution in [0.2, 0.25) is 24.7 Å². The van der Waals surface area contributed by atoms with Gasteiger partial charge in [0, 0.05) is 0 Å². The second-order valence-corrected chi connectivity index (χ2v) is 15.9. The van der Waals surface area contributed by atoms with E-state index in [1.54, 1.807) is 6.92 Å². The van der Waals surface area contributed by atoms with Crippen LogP contribution in [0.5, 0.6) is 0 Å². The minimum atomic E-state index is -3.34. The van der Waals surface area contributed by atoms with Gasteiger partial charge in [0.1, 0.15) is 11.2 Å². The first kappa shape index (κ1) is 18.2. The highest BCUT2D eigenvalue weighted by Gasteiger charge is 2.77. The molecule has 1 aliphatic carbocycles. The van der Waals surface area contributed by atoms with Crippen LogP contribution in [0, 0.1) is 0 Å². The van der Waals surface area contributed by atoms with E-state index < -0.39 is 31.9 Å². The number of carbonyl (C=O) groups is 1. The Morgan fingerprint density at radius 2 is 1.64 bits per heavy atom. The van der Waals surface area contributed by atoms with Gasteiger partial charge in [-0.25, -0.2) is 0 Å². The Morgan fingerprint density at radius 1 is 1.18 bits per heavy atom. The minimum absolute atomic E-state index is 0.232. The number of rotatable bonds is 4. The van der Waals surface area contributed by atoms with Crippen molar-refractivity contribution >= 4 is 21.6 Å². The van der Waals surface area contributed by atoms with Gasteiger partial charge >= 0.3 is 13.6 Å². The van der Waals surface area contributed by atoms with E-state index in [9.17, 15) is 9.36 Å². The molecule has 0 unspecified atom stereocenters. The molecule has 0 aromatic heterocycles. The van der Waals surface area contributed by atoms with Crippen molar-refractivity contribution in [1.82, 2.24) is 0 Å². The molecule has 7 heteroatoms. The summed E-state index contributed by atoms with van der Waals surface area (Å²) in [6, 6.07) is 0. The van der Waals surface area contributed by atoms with Crippen LogP contribution in [0.25, 0.3) is 0 Å². The maximum Gasteiger partial charge on any atom is 0.335 e. The fourth-order valence-electron chi connectivity index (χ4n) is 3.22. The largest absolute Gasteiger partial charge is 0.466 e. The zero-order valence-corrected chi connectivity index (χ0v) is 16.9. The molecule has 0 amide bonds. The molecular weight excluding hydrogens is 319 g/mol. The fraction of sp³-hybridized carbons (Fsp3) is 0.933. The highest BCUT2D eigenvalue weighted by Crippen LogP contribution is 2.82. The summed E-state index contributed by atoms with van der Waals surface area (Å²) in [7, 11) is -5.29. The number of carbonyl (C=O) groups excluding carboxylic acids is 1. The van der Waals surface area contributed by atoms with Crippen molar-refractivity contribution in [3.8, 4) is 0 Å². The highest BCUT2D eigenvalue weighted by molar-refractivity contribution is 7.56. The van der Waals surface area contributed by atoms with Gasteiger partial charge in [-0.1, -0.05) is 19.6 Å². The van der Waals surface area contributed by atoms with E-state index >= 15 is 0 Å². The molecule has 0 radical (unpaired) electrons. The molecule has 0 aromatic rings. The summed E-state index contributed by atoms with van der Waals surface area (Å²) in [6.07, 6.45) is 0.547. The number of hydrogen-bond donors (Lipinski definition) is 0. The standard InChI is InChI=1S/C15H29O5PSi/c1-9-18-12(16)15(22(6,7)8)10-11(15)21(17)19-13(2,3)14(4,5)20-21/h11H,9-10H2,1-8H3/t11-,15-/m0/s1. The Labute approximate surface area is 134 Å². The SMILES string of the molecule is CCOC(=O)[C@]1([Si](C)(C)C)C[C@@H]1P1(=O)OC(C)(C)C(C)(C)O1. The second-order valence-electron chi connectivity index (χ2n) is 8.40. The Kier molecular flexibility index (Phi) is 4.06. The summed E-state index contributed by atoms with van der Waals surface area (Å²) < 4.78 is 30.4. The average molecular weight is 348 g/mol. The van der Waals surface area contributed by atoms with Crippen LogP contribution in [-0.2, 0) is 23.1 Å². The predicted molar refractivity (Wildman–Crippen MR) is 89.0 cm³/mol. The highest BCUT2D eigenvalue weighted by atomic mass is 31.2. The Morgan fingerprint density at radius 3 is 2.00 bits per heavy atom. The topological polar surface area (TPSA) is 61.8 Å². The lowest BCUT2D eigenvalue weighted by atomic mass is 9.90. The van der Waals surface area contributed by atoms with Crippen molar-refractivity contribution in [2.75, 3.05) is 6.61 Å². The molecule has 1 saturated carbocycles. The van der Waals surface area contributed by atoms with E-state index in [1.165, 1.54) is 0 Å². The summed E-state index contributed by atoms with van der Waals surface area (Å²) in [5, 5.41) is -0.658. The van der Waals surface area contributed by atoms with Crippen molar-refractivity contribution < 1.29 is 23.1 Å². The van der Waals surface area contributed by atoms with E-state index in [-0.39, 0.29) is 11.6 Å². The number of ether oxygens (including phenoxy) is 1. The Balaban J connectivity index is 2.36. The molecule has 2 fully saturated rings. The van der Waals surface area contributed by atoms with Gasteiger partial charge in [-0.3, -0.25) is 18.4 Å². The summed E-state index contributed by atoms with van der Waals surface area (Å²) >= 11 is 0. The zero-order chi connectivity index (χ0) is 17.2. The van der Waals surface area contributed by atoms with Gasteiger partial charge in [0.25, 0.3) is 0 Å². The zero-order valence-electron chi connectivity index (χ0n) is 15.0. The molecule has 1 aliphatic heterocycles. The average Bonchev–Trinajstić information content (AvgIpc) is 2.99. The van der Waals surface area contributed by atoms with Crippen molar-refractivity contribution in [1.29, 1.82) is 0 Å². The van der Waals surface area contributed by atoms with Crippen LogP contribution in [-0.4, -0.2) is 37.5 Å². The summed E-state index contributed by atoms with van der Waals surface area (Å²) in [5.74, 6) is -0.232. The van der Waals surface area contributed by atoms with Crippen LogP contribution < -0.4 is 0 Å². The maximum absolute atomic E-state index is 13.3. The van der Waals surface area contributed by atoms with Crippen LogP contribution in [0.1, 0.15) is 41.0 Å². The van der Waals surface area contributed by atoms with Crippen molar-refractivity contribution in [3.63, 3.8) is 0 Å². The number of esters is 1. The van der Waals surface area contributed by atoms with Gasteiger partial charge in [0.15, 0.2) is 0 Å². The first-order valence-electron chi connectivity index (χ1n) is 7.92.